The van der Waals surface area contributed by atoms with Crippen molar-refractivity contribution in [2.45, 2.75) is 50.0 Å². The van der Waals surface area contributed by atoms with Gasteiger partial charge in [-0.1, -0.05) is 19.3 Å². The fourth-order valence-corrected chi connectivity index (χ4v) is 2.64. The largest absolute Gasteiger partial charge is 0.458 e. The quantitative estimate of drug-likeness (QED) is 0.483. The van der Waals surface area contributed by atoms with Gasteiger partial charge in [0.2, 0.25) is 0 Å². The maximum absolute atomic E-state index is 11.1. The Morgan fingerprint density at radius 3 is 2.46 bits per heavy atom. The van der Waals surface area contributed by atoms with E-state index in [4.69, 9.17) is 16.3 Å². The molecule has 1 aliphatic heterocycles. The van der Waals surface area contributed by atoms with Crippen LogP contribution in [0.2, 0.25) is 0 Å². The molecule has 3 heteroatoms. The van der Waals surface area contributed by atoms with Gasteiger partial charge in [-0.05, 0) is 25.7 Å². The Morgan fingerprint density at radius 1 is 1.38 bits per heavy atom. The van der Waals surface area contributed by atoms with Gasteiger partial charge in [0.25, 0.3) is 0 Å². The van der Waals surface area contributed by atoms with Gasteiger partial charge in [-0.15, -0.1) is 11.6 Å². The van der Waals surface area contributed by atoms with Crippen molar-refractivity contribution in [3.05, 3.63) is 0 Å². The van der Waals surface area contributed by atoms with Gasteiger partial charge in [0.15, 0.2) is 4.87 Å². The van der Waals surface area contributed by atoms with Crippen molar-refractivity contribution in [2.24, 2.45) is 5.92 Å². The van der Waals surface area contributed by atoms with Crippen LogP contribution >= 0.6 is 11.6 Å². The normalized spacial score (nSPS) is 41.1. The van der Waals surface area contributed by atoms with Crippen LogP contribution in [0.4, 0.5) is 0 Å². The highest BCUT2D eigenvalue weighted by molar-refractivity contribution is 6.36. The Morgan fingerprint density at radius 2 is 2.00 bits per heavy atom. The molecule has 74 valence electrons. The summed E-state index contributed by atoms with van der Waals surface area (Å²) in [4.78, 5) is 10.3. The Bertz CT molecular complexity index is 219. The van der Waals surface area contributed by atoms with Gasteiger partial charge in [-0.3, -0.25) is 0 Å². The first kappa shape index (κ1) is 9.32. The van der Waals surface area contributed by atoms with Gasteiger partial charge in [-0.2, -0.15) is 0 Å². The van der Waals surface area contributed by atoms with Gasteiger partial charge in [0.05, 0.1) is 0 Å². The van der Waals surface area contributed by atoms with E-state index in [0.29, 0.717) is 5.92 Å². The SMILES string of the molecule is C[C@@]1(Cl)C(=O)O[C@H]1C1CCCCC1. The summed E-state index contributed by atoms with van der Waals surface area (Å²) in [5.74, 6) is 0.263. The molecule has 0 aromatic rings. The molecular weight excluding hydrogens is 188 g/mol. The molecular formula is C10H15ClO2. The third kappa shape index (κ3) is 1.45. The number of cyclic esters (lactones) is 1. The van der Waals surface area contributed by atoms with E-state index in [1.807, 2.05) is 0 Å². The number of halogens is 1. The highest BCUT2D eigenvalue weighted by atomic mass is 35.5. The molecule has 2 nitrogen and oxygen atoms in total. The van der Waals surface area contributed by atoms with E-state index in [2.05, 4.69) is 0 Å². The minimum Gasteiger partial charge on any atom is -0.458 e. The summed E-state index contributed by atoms with van der Waals surface area (Å²) >= 11 is 6.08. The van der Waals surface area contributed by atoms with Crippen molar-refractivity contribution in [3.8, 4) is 0 Å². The van der Waals surface area contributed by atoms with Crippen LogP contribution in [0.15, 0.2) is 0 Å². The molecule has 0 spiro atoms. The van der Waals surface area contributed by atoms with Crippen LogP contribution in [0.3, 0.4) is 0 Å². The van der Waals surface area contributed by atoms with E-state index in [9.17, 15) is 4.79 Å². The lowest BCUT2D eigenvalue weighted by Gasteiger charge is -2.45. The molecule has 1 heterocycles. The predicted molar refractivity (Wildman–Crippen MR) is 50.7 cm³/mol. The van der Waals surface area contributed by atoms with Gasteiger partial charge in [0.1, 0.15) is 6.10 Å². The van der Waals surface area contributed by atoms with Crippen molar-refractivity contribution >= 4 is 17.6 Å². The van der Waals surface area contributed by atoms with Gasteiger partial charge in [-0.25, -0.2) is 4.79 Å². The minimum atomic E-state index is -0.734. The predicted octanol–water partition coefficient (Wildman–Crippen LogP) is 2.49. The molecule has 0 radical (unpaired) electrons. The third-order valence-corrected chi connectivity index (χ3v) is 3.61. The van der Waals surface area contributed by atoms with Gasteiger partial charge >= 0.3 is 5.97 Å². The van der Waals surface area contributed by atoms with Crippen LogP contribution in [0.5, 0.6) is 0 Å². The average Bonchev–Trinajstić information content (AvgIpc) is 2.15. The second-order valence-corrected chi connectivity index (χ2v) is 5.08. The lowest BCUT2D eigenvalue weighted by Crippen LogP contribution is -2.60. The number of hydrogen-bond donors (Lipinski definition) is 0. The van der Waals surface area contributed by atoms with Crippen LogP contribution in [0.1, 0.15) is 39.0 Å². The standard InChI is InChI=1S/C10H15ClO2/c1-10(11)8(13-9(10)12)7-5-3-2-4-6-7/h7-8H,2-6H2,1H3/t8-,10-/m0/s1. The summed E-state index contributed by atoms with van der Waals surface area (Å²) in [6, 6.07) is 0. The monoisotopic (exact) mass is 202 g/mol. The molecule has 0 aromatic heterocycles. The lowest BCUT2D eigenvalue weighted by molar-refractivity contribution is -0.185. The summed E-state index contributed by atoms with van der Waals surface area (Å²) in [5, 5.41) is 0. The summed E-state index contributed by atoms with van der Waals surface area (Å²) in [6.07, 6.45) is 6.13. The number of hydrogen-bond acceptors (Lipinski definition) is 2. The van der Waals surface area contributed by atoms with Crippen LogP contribution in [0.25, 0.3) is 0 Å². The Kier molecular flexibility index (Phi) is 2.26. The molecule has 0 unspecified atom stereocenters. The molecule has 2 rings (SSSR count). The Labute approximate surface area is 83.6 Å². The molecule has 2 fully saturated rings. The van der Waals surface area contributed by atoms with E-state index >= 15 is 0 Å². The molecule has 1 saturated carbocycles. The summed E-state index contributed by atoms with van der Waals surface area (Å²) < 4.78 is 5.12. The van der Waals surface area contributed by atoms with Crippen LogP contribution in [0, 0.1) is 5.92 Å². The van der Waals surface area contributed by atoms with Gasteiger partial charge in [0, 0.05) is 0 Å². The average molecular weight is 203 g/mol. The zero-order valence-corrected chi connectivity index (χ0v) is 8.64. The number of esters is 1. The fraction of sp³-hybridized carbons (Fsp3) is 0.900. The second kappa shape index (κ2) is 3.16. The summed E-state index contributed by atoms with van der Waals surface area (Å²) in [7, 11) is 0. The highest BCUT2D eigenvalue weighted by Gasteiger charge is 2.56. The summed E-state index contributed by atoms with van der Waals surface area (Å²) in [5.41, 5.74) is 0. The maximum Gasteiger partial charge on any atom is 0.331 e. The zero-order valence-electron chi connectivity index (χ0n) is 7.88. The van der Waals surface area contributed by atoms with E-state index in [0.717, 1.165) is 0 Å². The van der Waals surface area contributed by atoms with Crippen molar-refractivity contribution in [3.63, 3.8) is 0 Å². The van der Waals surface area contributed by atoms with Crippen molar-refractivity contribution in [2.75, 3.05) is 0 Å². The lowest BCUT2D eigenvalue weighted by atomic mass is 9.78. The molecule has 0 N–H and O–H groups in total. The van der Waals surface area contributed by atoms with Gasteiger partial charge < -0.3 is 4.74 Å². The Hall–Kier alpha value is -0.240. The van der Waals surface area contributed by atoms with Crippen LogP contribution in [-0.4, -0.2) is 16.9 Å². The van der Waals surface area contributed by atoms with E-state index < -0.39 is 4.87 Å². The Balaban J connectivity index is 1.98. The van der Waals surface area contributed by atoms with E-state index in [1.165, 1.54) is 32.1 Å². The van der Waals surface area contributed by atoms with Crippen LogP contribution < -0.4 is 0 Å². The molecule has 0 amide bonds. The first-order valence-electron chi connectivity index (χ1n) is 5.02. The zero-order chi connectivity index (χ0) is 9.47. The number of carbonyl (C=O) groups excluding carboxylic acids is 1. The molecule has 0 aromatic carbocycles. The highest BCUT2D eigenvalue weighted by Crippen LogP contribution is 2.43. The van der Waals surface area contributed by atoms with E-state index in [1.54, 1.807) is 6.92 Å². The van der Waals surface area contributed by atoms with Crippen molar-refractivity contribution in [1.82, 2.24) is 0 Å². The maximum atomic E-state index is 11.1. The molecule has 2 aliphatic rings. The smallest absolute Gasteiger partial charge is 0.331 e. The number of alkyl halides is 1. The van der Waals surface area contributed by atoms with Crippen LogP contribution in [-0.2, 0) is 9.53 Å². The van der Waals surface area contributed by atoms with Crippen molar-refractivity contribution in [1.29, 1.82) is 0 Å². The number of ether oxygens (including phenoxy) is 1. The topological polar surface area (TPSA) is 26.3 Å². The summed E-state index contributed by atoms with van der Waals surface area (Å²) in [6.45, 7) is 1.78. The fourth-order valence-electron chi connectivity index (χ4n) is 2.38. The second-order valence-electron chi connectivity index (χ2n) is 4.30. The third-order valence-electron chi connectivity index (χ3n) is 3.25. The first-order chi connectivity index (χ1) is 6.12. The number of carbonyl (C=O) groups is 1. The molecule has 1 aliphatic carbocycles. The number of rotatable bonds is 1. The van der Waals surface area contributed by atoms with Crippen molar-refractivity contribution < 1.29 is 9.53 Å². The molecule has 13 heavy (non-hydrogen) atoms. The van der Waals surface area contributed by atoms with E-state index in [-0.39, 0.29) is 12.1 Å². The molecule has 2 atom stereocenters. The first-order valence-corrected chi connectivity index (χ1v) is 5.40. The molecule has 0 bridgehead atoms. The molecule has 1 saturated heterocycles. The minimum absolute atomic E-state index is 0.0260.